The summed E-state index contributed by atoms with van der Waals surface area (Å²) >= 11 is 0. The Bertz CT molecular complexity index is 679. The summed E-state index contributed by atoms with van der Waals surface area (Å²) in [6.07, 6.45) is -0.734. The molecule has 10 nitrogen and oxygen atoms in total. The first-order valence-electron chi connectivity index (χ1n) is 6.31. The molecule has 3 N–H and O–H groups in total. The fraction of sp³-hybridized carbons (Fsp3) is 0.636. The van der Waals surface area contributed by atoms with E-state index in [4.69, 9.17) is 18.9 Å². The van der Waals surface area contributed by atoms with E-state index in [1.807, 2.05) is 0 Å². The average molecular weight is 335 g/mol. The lowest BCUT2D eigenvalue weighted by atomic mass is 10.1. The van der Waals surface area contributed by atoms with Gasteiger partial charge in [0.15, 0.2) is 6.10 Å². The molecular formula is C11H16N2O8P+. The lowest BCUT2D eigenvalue weighted by Crippen LogP contribution is -2.45. The van der Waals surface area contributed by atoms with Gasteiger partial charge in [-0.05, 0) is 6.92 Å². The number of aliphatic hydroxyl groups excluding tert-OH is 1. The second-order valence-corrected chi connectivity index (χ2v) is 5.48. The van der Waals surface area contributed by atoms with Crippen LogP contribution in [0.2, 0.25) is 0 Å². The lowest BCUT2D eigenvalue weighted by molar-refractivity contribution is -0.266. The van der Waals surface area contributed by atoms with Gasteiger partial charge in [0.1, 0.15) is 12.8 Å². The van der Waals surface area contributed by atoms with Crippen LogP contribution in [-0.2, 0) is 18.6 Å². The first kappa shape index (κ1) is 16.9. The maximum absolute atomic E-state index is 11.9. The molecule has 0 saturated carbocycles. The summed E-state index contributed by atoms with van der Waals surface area (Å²) in [5.41, 5.74) is -0.948. The standard InChI is InChI=1S/C11H15N2O8P/c1-6-4-13(10(16)12-9(6)15)8-3-7(21-22(17)18)11(5-14,19-2)20-8/h4,7-8,14H,3,5H2,1-2H3,(H-,12,15,16,17,18)/p+1/t7-,8+,11+/m0/s1. The number of aromatic nitrogens is 2. The van der Waals surface area contributed by atoms with Crippen molar-refractivity contribution in [3.63, 3.8) is 0 Å². The minimum absolute atomic E-state index is 0.0264. The van der Waals surface area contributed by atoms with Crippen molar-refractivity contribution in [3.8, 4) is 0 Å². The van der Waals surface area contributed by atoms with Gasteiger partial charge in [-0.15, -0.1) is 9.42 Å². The zero-order valence-corrected chi connectivity index (χ0v) is 12.8. The summed E-state index contributed by atoms with van der Waals surface area (Å²) in [6, 6.07) is 0. The highest BCUT2D eigenvalue weighted by molar-refractivity contribution is 7.32. The van der Waals surface area contributed by atoms with E-state index in [2.05, 4.69) is 4.98 Å². The van der Waals surface area contributed by atoms with E-state index in [-0.39, 0.29) is 12.0 Å². The van der Waals surface area contributed by atoms with E-state index < -0.39 is 44.2 Å². The second-order valence-electron chi connectivity index (χ2n) is 4.79. The highest BCUT2D eigenvalue weighted by Crippen LogP contribution is 2.41. The van der Waals surface area contributed by atoms with Crippen molar-refractivity contribution in [1.82, 2.24) is 9.55 Å². The van der Waals surface area contributed by atoms with Gasteiger partial charge < -0.3 is 14.6 Å². The van der Waals surface area contributed by atoms with Crippen molar-refractivity contribution < 1.29 is 28.6 Å². The normalized spacial score (nSPS) is 28.8. The summed E-state index contributed by atoms with van der Waals surface area (Å²) < 4.78 is 27.4. The van der Waals surface area contributed by atoms with Gasteiger partial charge in [0, 0.05) is 29.9 Å². The Hall–Kier alpha value is -1.42. The van der Waals surface area contributed by atoms with Crippen LogP contribution in [0.1, 0.15) is 18.2 Å². The molecule has 0 bridgehead atoms. The number of hydrogen-bond donors (Lipinski definition) is 3. The Kier molecular flexibility index (Phi) is 4.90. The third kappa shape index (κ3) is 3.02. The predicted octanol–water partition coefficient (Wildman–Crippen LogP) is -0.866. The van der Waals surface area contributed by atoms with Crippen LogP contribution < -0.4 is 11.2 Å². The number of hydrogen-bond acceptors (Lipinski definition) is 7. The molecule has 11 heteroatoms. The molecule has 1 aromatic heterocycles. The smallest absolute Gasteiger partial charge is 0.391 e. The van der Waals surface area contributed by atoms with Crippen LogP contribution in [0.5, 0.6) is 0 Å². The Morgan fingerprint density at radius 3 is 2.82 bits per heavy atom. The number of aliphatic hydroxyl groups is 1. The van der Waals surface area contributed by atoms with Crippen LogP contribution in [0.25, 0.3) is 0 Å². The number of aromatic amines is 1. The number of rotatable bonds is 5. The number of H-pyrrole nitrogens is 1. The Morgan fingerprint density at radius 2 is 2.27 bits per heavy atom. The molecule has 0 spiro atoms. The van der Waals surface area contributed by atoms with Crippen LogP contribution in [-0.4, -0.2) is 45.2 Å². The number of aryl methyl sites for hydroxylation is 1. The van der Waals surface area contributed by atoms with Crippen molar-refractivity contribution >= 4 is 8.25 Å². The molecular weight excluding hydrogens is 319 g/mol. The Balaban J connectivity index is 2.39. The number of nitrogens with one attached hydrogen (secondary N) is 1. The molecule has 0 aliphatic carbocycles. The van der Waals surface area contributed by atoms with Crippen molar-refractivity contribution in [2.45, 2.75) is 31.5 Å². The Morgan fingerprint density at radius 1 is 1.59 bits per heavy atom. The van der Waals surface area contributed by atoms with Gasteiger partial charge in [0.05, 0.1) is 0 Å². The minimum Gasteiger partial charge on any atom is -0.391 e. The van der Waals surface area contributed by atoms with E-state index in [0.717, 1.165) is 4.57 Å². The summed E-state index contributed by atoms with van der Waals surface area (Å²) in [4.78, 5) is 34.3. The monoisotopic (exact) mass is 335 g/mol. The first-order chi connectivity index (χ1) is 10.3. The molecule has 1 aliphatic rings. The van der Waals surface area contributed by atoms with Crippen LogP contribution in [0.3, 0.4) is 0 Å². The lowest BCUT2D eigenvalue weighted by Gasteiger charge is -2.27. The molecule has 1 aromatic rings. The molecule has 122 valence electrons. The van der Waals surface area contributed by atoms with E-state index in [9.17, 15) is 19.3 Å². The highest BCUT2D eigenvalue weighted by Gasteiger charge is 2.54. The molecule has 0 amide bonds. The van der Waals surface area contributed by atoms with Crippen molar-refractivity contribution in [2.75, 3.05) is 13.7 Å². The van der Waals surface area contributed by atoms with Crippen LogP contribution in [0, 0.1) is 6.92 Å². The first-order valence-corrected chi connectivity index (χ1v) is 7.45. The quantitative estimate of drug-likeness (QED) is 0.590. The van der Waals surface area contributed by atoms with E-state index in [1.54, 1.807) is 0 Å². The van der Waals surface area contributed by atoms with Crippen LogP contribution in [0.15, 0.2) is 15.8 Å². The zero-order chi connectivity index (χ0) is 16.5. The fourth-order valence-electron chi connectivity index (χ4n) is 2.30. The Labute approximate surface area is 125 Å². The van der Waals surface area contributed by atoms with E-state index in [0.29, 0.717) is 0 Å². The summed E-state index contributed by atoms with van der Waals surface area (Å²) in [6.45, 7) is 0.864. The van der Waals surface area contributed by atoms with Gasteiger partial charge in [0.25, 0.3) is 5.56 Å². The molecule has 1 fully saturated rings. The maximum Gasteiger partial charge on any atom is 0.695 e. The second kappa shape index (κ2) is 6.37. The highest BCUT2D eigenvalue weighted by atomic mass is 31.1. The topological polar surface area (TPSA) is 140 Å². The molecule has 4 atom stereocenters. The molecule has 0 aromatic carbocycles. The molecule has 1 saturated heterocycles. The maximum atomic E-state index is 11.9. The van der Waals surface area contributed by atoms with Crippen LogP contribution >= 0.6 is 8.25 Å². The van der Waals surface area contributed by atoms with Gasteiger partial charge in [-0.1, -0.05) is 0 Å². The van der Waals surface area contributed by atoms with E-state index >= 15 is 0 Å². The molecule has 0 radical (unpaired) electrons. The molecule has 1 aliphatic heterocycles. The van der Waals surface area contributed by atoms with Crippen molar-refractivity contribution in [1.29, 1.82) is 0 Å². The van der Waals surface area contributed by atoms with Crippen molar-refractivity contribution in [3.05, 3.63) is 32.6 Å². The number of ether oxygens (including phenoxy) is 2. The van der Waals surface area contributed by atoms with Crippen molar-refractivity contribution in [2.24, 2.45) is 0 Å². The third-order valence-electron chi connectivity index (χ3n) is 3.48. The summed E-state index contributed by atoms with van der Waals surface area (Å²) in [5.74, 6) is -1.68. The van der Waals surface area contributed by atoms with Gasteiger partial charge in [-0.3, -0.25) is 14.3 Å². The molecule has 2 heterocycles. The molecule has 2 rings (SSSR count). The summed E-state index contributed by atoms with van der Waals surface area (Å²) in [5, 5.41) is 9.48. The van der Waals surface area contributed by atoms with Gasteiger partial charge in [-0.2, -0.15) is 0 Å². The molecule has 22 heavy (non-hydrogen) atoms. The number of nitrogens with zero attached hydrogens (tertiary/aromatic N) is 1. The number of methoxy groups -OCH3 is 1. The minimum atomic E-state index is -2.95. The van der Waals surface area contributed by atoms with Gasteiger partial charge >= 0.3 is 13.9 Å². The SMILES string of the molecule is CO[C@]1(CO)O[C@@H](n2cc(C)c(=O)[nH]c2=O)C[C@@H]1O[P+](=O)O. The van der Waals surface area contributed by atoms with E-state index in [1.165, 1.54) is 20.2 Å². The van der Waals surface area contributed by atoms with Crippen LogP contribution in [0.4, 0.5) is 0 Å². The van der Waals surface area contributed by atoms with Gasteiger partial charge in [-0.25, -0.2) is 4.79 Å². The third-order valence-corrected chi connectivity index (χ3v) is 3.92. The zero-order valence-electron chi connectivity index (χ0n) is 11.9. The predicted molar refractivity (Wildman–Crippen MR) is 72.3 cm³/mol. The molecule has 1 unspecified atom stereocenters. The largest absolute Gasteiger partial charge is 0.695 e. The average Bonchev–Trinajstić information content (AvgIpc) is 2.81. The summed E-state index contributed by atoms with van der Waals surface area (Å²) in [7, 11) is -1.72. The van der Waals surface area contributed by atoms with Gasteiger partial charge in [0.2, 0.25) is 5.79 Å². The fourth-order valence-corrected chi connectivity index (χ4v) is 2.77.